The van der Waals surface area contributed by atoms with Gasteiger partial charge in [0.15, 0.2) is 0 Å². The largest absolute Gasteiger partial charge is 0.383 e. The summed E-state index contributed by atoms with van der Waals surface area (Å²) >= 11 is 0. The molecule has 0 heterocycles. The molecule has 0 fully saturated rings. The fourth-order valence-corrected chi connectivity index (χ4v) is 1.78. The van der Waals surface area contributed by atoms with Crippen LogP contribution in [-0.2, 0) is 20.7 Å². The first-order chi connectivity index (χ1) is 10.4. The molecule has 0 aliphatic carbocycles. The summed E-state index contributed by atoms with van der Waals surface area (Å²) in [6.45, 7) is 4.29. The second-order valence-corrected chi connectivity index (χ2v) is 5.51. The fourth-order valence-electron chi connectivity index (χ4n) is 1.78. The maximum Gasteiger partial charge on any atom is 0.235 e. The van der Waals surface area contributed by atoms with E-state index < -0.39 is 5.41 Å². The molecule has 22 heavy (non-hydrogen) atoms. The molecule has 0 spiro atoms. The van der Waals surface area contributed by atoms with Gasteiger partial charge < -0.3 is 15.4 Å². The van der Waals surface area contributed by atoms with Crippen LogP contribution in [0.2, 0.25) is 0 Å². The van der Waals surface area contributed by atoms with Crippen LogP contribution in [-0.4, -0.2) is 38.6 Å². The Balaban J connectivity index is 2.42. The summed E-state index contributed by atoms with van der Waals surface area (Å²) in [6.07, 6.45) is 0.577. The highest BCUT2D eigenvalue weighted by molar-refractivity contribution is 6.04. The molecule has 1 rings (SSSR count). The van der Waals surface area contributed by atoms with Crippen molar-refractivity contribution in [2.45, 2.75) is 20.3 Å². The summed E-state index contributed by atoms with van der Waals surface area (Å²) in [4.78, 5) is 24.1. The van der Waals surface area contributed by atoms with Gasteiger partial charge in [0.1, 0.15) is 11.2 Å². The molecule has 0 aromatic heterocycles. The quantitative estimate of drug-likeness (QED) is 0.561. The Kier molecular flexibility index (Phi) is 6.98. The molecule has 0 unspecified atom stereocenters. The highest BCUT2D eigenvalue weighted by Crippen LogP contribution is 2.15. The molecule has 5 nitrogen and oxygen atoms in total. The van der Waals surface area contributed by atoms with Gasteiger partial charge in [-0.05, 0) is 38.0 Å². The van der Waals surface area contributed by atoms with Gasteiger partial charge in [0.05, 0.1) is 6.61 Å². The number of ether oxygens (including phenoxy) is 1. The van der Waals surface area contributed by atoms with Crippen molar-refractivity contribution < 1.29 is 18.7 Å². The van der Waals surface area contributed by atoms with Gasteiger partial charge in [-0.15, -0.1) is 0 Å². The molecular weight excluding hydrogens is 287 g/mol. The molecule has 0 bridgehead atoms. The Morgan fingerprint density at radius 3 is 2.18 bits per heavy atom. The van der Waals surface area contributed by atoms with E-state index in [1.165, 1.54) is 12.1 Å². The Morgan fingerprint density at radius 2 is 1.64 bits per heavy atom. The first kappa shape index (κ1) is 18.1. The van der Waals surface area contributed by atoms with Crippen LogP contribution in [0, 0.1) is 11.2 Å². The van der Waals surface area contributed by atoms with E-state index in [0.717, 1.165) is 5.56 Å². The van der Waals surface area contributed by atoms with Crippen molar-refractivity contribution in [2.24, 2.45) is 5.41 Å². The molecule has 2 amide bonds. The lowest BCUT2D eigenvalue weighted by atomic mass is 9.91. The number of rotatable bonds is 8. The van der Waals surface area contributed by atoms with Gasteiger partial charge in [0.2, 0.25) is 11.8 Å². The molecule has 1 aromatic rings. The molecule has 0 atom stereocenters. The number of hydrogen-bond acceptors (Lipinski definition) is 3. The number of carbonyl (C=O) groups excluding carboxylic acids is 2. The minimum Gasteiger partial charge on any atom is -0.383 e. The van der Waals surface area contributed by atoms with Gasteiger partial charge in [-0.3, -0.25) is 9.59 Å². The van der Waals surface area contributed by atoms with Crippen LogP contribution < -0.4 is 10.6 Å². The number of hydrogen-bond donors (Lipinski definition) is 2. The molecule has 0 saturated heterocycles. The molecular formula is C16H23FN2O3. The van der Waals surface area contributed by atoms with Gasteiger partial charge in [-0.2, -0.15) is 0 Å². The van der Waals surface area contributed by atoms with Crippen molar-refractivity contribution in [3.63, 3.8) is 0 Å². The summed E-state index contributed by atoms with van der Waals surface area (Å²) < 4.78 is 17.6. The number of carbonyl (C=O) groups is 2. The van der Waals surface area contributed by atoms with E-state index in [2.05, 4.69) is 10.6 Å². The monoisotopic (exact) mass is 310 g/mol. The van der Waals surface area contributed by atoms with Gasteiger partial charge in [-0.25, -0.2) is 4.39 Å². The fraction of sp³-hybridized carbons (Fsp3) is 0.500. The third kappa shape index (κ3) is 5.44. The standard InChI is InChI=1S/C16H23FN2O3/c1-16(2,15(21)19-10-11-22-3)14(20)18-9-8-12-4-6-13(17)7-5-12/h4-7H,8-11H2,1-3H3,(H,18,20)(H,19,21). The summed E-state index contributed by atoms with van der Waals surface area (Å²) in [5.41, 5.74) is -0.236. The predicted molar refractivity (Wildman–Crippen MR) is 81.8 cm³/mol. The molecule has 0 aliphatic rings. The molecule has 0 saturated carbocycles. The smallest absolute Gasteiger partial charge is 0.235 e. The van der Waals surface area contributed by atoms with Crippen molar-refractivity contribution in [3.8, 4) is 0 Å². The number of methoxy groups -OCH3 is 1. The SMILES string of the molecule is COCCNC(=O)C(C)(C)C(=O)NCCc1ccc(F)cc1. The van der Waals surface area contributed by atoms with Crippen molar-refractivity contribution >= 4 is 11.8 Å². The van der Waals surface area contributed by atoms with Gasteiger partial charge >= 0.3 is 0 Å². The minimum absolute atomic E-state index is 0.290. The maximum atomic E-state index is 12.8. The van der Waals surface area contributed by atoms with E-state index in [0.29, 0.717) is 26.1 Å². The van der Waals surface area contributed by atoms with E-state index in [9.17, 15) is 14.0 Å². The van der Waals surface area contributed by atoms with Crippen LogP contribution in [0.25, 0.3) is 0 Å². The second-order valence-electron chi connectivity index (χ2n) is 5.51. The normalized spacial score (nSPS) is 11.1. The first-order valence-electron chi connectivity index (χ1n) is 7.18. The van der Waals surface area contributed by atoms with E-state index in [1.54, 1.807) is 33.1 Å². The Morgan fingerprint density at radius 1 is 1.09 bits per heavy atom. The minimum atomic E-state index is -1.16. The topological polar surface area (TPSA) is 67.4 Å². The highest BCUT2D eigenvalue weighted by atomic mass is 19.1. The van der Waals surface area contributed by atoms with Crippen molar-refractivity contribution in [3.05, 3.63) is 35.6 Å². The maximum absolute atomic E-state index is 12.8. The Bertz CT molecular complexity index is 501. The van der Waals surface area contributed by atoms with Crippen LogP contribution in [0.5, 0.6) is 0 Å². The number of amides is 2. The zero-order valence-electron chi connectivity index (χ0n) is 13.2. The molecule has 6 heteroatoms. The summed E-state index contributed by atoms with van der Waals surface area (Å²) in [5.74, 6) is -0.977. The Hall–Kier alpha value is -1.95. The third-order valence-electron chi connectivity index (χ3n) is 3.34. The zero-order valence-corrected chi connectivity index (χ0v) is 13.2. The highest BCUT2D eigenvalue weighted by Gasteiger charge is 2.35. The molecule has 0 radical (unpaired) electrons. The lowest BCUT2D eigenvalue weighted by Gasteiger charge is -2.22. The zero-order chi connectivity index (χ0) is 16.6. The van der Waals surface area contributed by atoms with E-state index >= 15 is 0 Å². The first-order valence-corrected chi connectivity index (χ1v) is 7.18. The van der Waals surface area contributed by atoms with Gasteiger partial charge in [0.25, 0.3) is 0 Å². The molecule has 2 N–H and O–H groups in total. The summed E-state index contributed by atoms with van der Waals surface area (Å²) in [6, 6.07) is 6.10. The molecule has 122 valence electrons. The third-order valence-corrected chi connectivity index (χ3v) is 3.34. The van der Waals surface area contributed by atoms with Gasteiger partial charge in [-0.1, -0.05) is 12.1 Å². The van der Waals surface area contributed by atoms with Crippen LogP contribution in [0.4, 0.5) is 4.39 Å². The van der Waals surface area contributed by atoms with Crippen molar-refractivity contribution in [1.82, 2.24) is 10.6 Å². The number of nitrogens with one attached hydrogen (secondary N) is 2. The molecule has 0 aliphatic heterocycles. The Labute approximate surface area is 130 Å². The predicted octanol–water partition coefficient (Wildman–Crippen LogP) is 1.27. The summed E-state index contributed by atoms with van der Waals surface area (Å²) in [7, 11) is 1.54. The van der Waals surface area contributed by atoms with Crippen molar-refractivity contribution in [1.29, 1.82) is 0 Å². The summed E-state index contributed by atoms with van der Waals surface area (Å²) in [5, 5.41) is 5.39. The van der Waals surface area contributed by atoms with E-state index in [4.69, 9.17) is 4.74 Å². The lowest BCUT2D eigenvalue weighted by Crippen LogP contribution is -2.48. The lowest BCUT2D eigenvalue weighted by molar-refractivity contribution is -0.141. The van der Waals surface area contributed by atoms with Crippen LogP contribution in [0.1, 0.15) is 19.4 Å². The van der Waals surface area contributed by atoms with Crippen LogP contribution in [0.15, 0.2) is 24.3 Å². The van der Waals surface area contributed by atoms with Crippen molar-refractivity contribution in [2.75, 3.05) is 26.8 Å². The van der Waals surface area contributed by atoms with Crippen LogP contribution >= 0.6 is 0 Å². The van der Waals surface area contributed by atoms with Crippen LogP contribution in [0.3, 0.4) is 0 Å². The average molecular weight is 310 g/mol. The molecule has 1 aromatic carbocycles. The number of benzene rings is 1. The average Bonchev–Trinajstić information content (AvgIpc) is 2.49. The van der Waals surface area contributed by atoms with E-state index in [-0.39, 0.29) is 17.6 Å². The van der Waals surface area contributed by atoms with E-state index in [1.807, 2.05) is 0 Å². The number of halogens is 1. The second kappa shape index (κ2) is 8.48. The van der Waals surface area contributed by atoms with Gasteiger partial charge in [0, 0.05) is 20.2 Å².